The van der Waals surface area contributed by atoms with Crippen LogP contribution in [0.15, 0.2) is 30.3 Å². The molecule has 9 unspecified atom stereocenters. The summed E-state index contributed by atoms with van der Waals surface area (Å²) in [5.74, 6) is -9.63. The van der Waals surface area contributed by atoms with E-state index in [-0.39, 0.29) is 50.5 Å². The summed E-state index contributed by atoms with van der Waals surface area (Å²) in [6.45, 7) is 10.8. The molecule has 0 aromatic heterocycles. The number of benzene rings is 1. The number of hydrogen-bond acceptors (Lipinski definition) is 11. The van der Waals surface area contributed by atoms with Gasteiger partial charge in [-0.2, -0.15) is 0 Å². The maximum Gasteiger partial charge on any atom is 0.326 e. The molecular formula is C42H69N9O11. The van der Waals surface area contributed by atoms with Crippen LogP contribution in [0.2, 0.25) is 0 Å². The molecular weight excluding hydrogens is 807 g/mol. The lowest BCUT2D eigenvalue weighted by molar-refractivity contribution is -0.142. The highest BCUT2D eigenvalue weighted by atomic mass is 16.4. The largest absolute Gasteiger partial charge is 0.481 e. The third-order valence-corrected chi connectivity index (χ3v) is 10.5. The molecule has 7 amide bonds. The standard InChI is InChI=1S/C42H69N9O11/c1-7-24(5)34(45)40(59)47-28(17-18-32(44)52)37(56)46-27(16-12-13-19-43)36(55)49-30(22-33(53)54)38(57)48-29(20-23(3)4)39(58)51-35(25(6)8-2)41(60)50-31(42(61)62)21-26-14-10-9-11-15-26/h9-11,14-15,23-25,27-31,34-35H,7-8,12-13,16-22,43,45H2,1-6H3,(H2,44,52)(H,46,56)(H,47,59)(H,48,57)(H,49,55)(H,50,60)(H,51,58)(H,53,54)(H,61,62). The summed E-state index contributed by atoms with van der Waals surface area (Å²) < 4.78 is 0. The lowest BCUT2D eigenvalue weighted by Gasteiger charge is -2.29. The second kappa shape index (κ2) is 28.1. The Morgan fingerprint density at radius 3 is 1.63 bits per heavy atom. The van der Waals surface area contributed by atoms with Crippen molar-refractivity contribution in [1.82, 2.24) is 31.9 Å². The molecule has 0 saturated heterocycles. The van der Waals surface area contributed by atoms with Gasteiger partial charge in [-0.15, -0.1) is 0 Å². The minimum atomic E-state index is -1.77. The fraction of sp³-hybridized carbons (Fsp3) is 0.643. The molecule has 0 aliphatic rings. The first-order valence-corrected chi connectivity index (χ1v) is 21.2. The van der Waals surface area contributed by atoms with E-state index < -0.39 is 108 Å². The van der Waals surface area contributed by atoms with Crippen LogP contribution in [-0.4, -0.2) is 112 Å². The molecule has 0 heterocycles. The molecule has 1 aromatic carbocycles. The zero-order valence-corrected chi connectivity index (χ0v) is 36.7. The van der Waals surface area contributed by atoms with Crippen molar-refractivity contribution in [2.45, 2.75) is 148 Å². The third-order valence-electron chi connectivity index (χ3n) is 10.5. The summed E-state index contributed by atoms with van der Waals surface area (Å²) in [6.07, 6.45) is 0.202. The first-order chi connectivity index (χ1) is 29.1. The van der Waals surface area contributed by atoms with Gasteiger partial charge < -0.3 is 59.3 Å². The van der Waals surface area contributed by atoms with Gasteiger partial charge in [0.2, 0.25) is 41.4 Å². The van der Waals surface area contributed by atoms with Crippen LogP contribution in [0.1, 0.15) is 105 Å². The normalized spacial score (nSPS) is 15.5. The van der Waals surface area contributed by atoms with Gasteiger partial charge in [0.25, 0.3) is 0 Å². The molecule has 1 aromatic rings. The van der Waals surface area contributed by atoms with Crippen molar-refractivity contribution in [3.8, 4) is 0 Å². The number of nitrogens with one attached hydrogen (secondary N) is 6. The fourth-order valence-corrected chi connectivity index (χ4v) is 6.27. The molecule has 0 aliphatic heterocycles. The second-order valence-corrected chi connectivity index (χ2v) is 16.1. The maximum atomic E-state index is 13.9. The number of rotatable bonds is 30. The summed E-state index contributed by atoms with van der Waals surface area (Å²) >= 11 is 0. The van der Waals surface area contributed by atoms with E-state index >= 15 is 0 Å². The Morgan fingerprint density at radius 2 is 1.11 bits per heavy atom. The van der Waals surface area contributed by atoms with Crippen molar-refractivity contribution >= 4 is 53.3 Å². The SMILES string of the molecule is CCC(C)C(N)C(=O)NC(CCC(N)=O)C(=O)NC(CCCCN)C(=O)NC(CC(=O)O)C(=O)NC(CC(C)C)C(=O)NC(C(=O)NC(Cc1ccccc1)C(=O)O)C(C)CC. The number of carboxylic acid groups (broad SMARTS) is 2. The average Bonchev–Trinajstić information content (AvgIpc) is 3.21. The molecule has 20 nitrogen and oxygen atoms in total. The summed E-state index contributed by atoms with van der Waals surface area (Å²) in [6, 6.07) is -0.718. The average molecular weight is 876 g/mol. The van der Waals surface area contributed by atoms with Gasteiger partial charge in [0.1, 0.15) is 36.3 Å². The summed E-state index contributed by atoms with van der Waals surface area (Å²) in [5, 5.41) is 34.8. The quantitative estimate of drug-likeness (QED) is 0.0437. The van der Waals surface area contributed by atoms with E-state index in [0.717, 1.165) is 0 Å². The van der Waals surface area contributed by atoms with E-state index in [1.54, 1.807) is 65.0 Å². The molecule has 1 rings (SSSR count). The van der Waals surface area contributed by atoms with Crippen molar-refractivity contribution in [3.05, 3.63) is 35.9 Å². The van der Waals surface area contributed by atoms with Gasteiger partial charge in [-0.1, -0.05) is 84.7 Å². The molecule has 348 valence electrons. The number of primary amides is 1. The molecule has 0 spiro atoms. The minimum Gasteiger partial charge on any atom is -0.481 e. The number of unbranched alkanes of at least 4 members (excludes halogenated alkanes) is 1. The molecule has 14 N–H and O–H groups in total. The topological polar surface area (TPSA) is 344 Å². The van der Waals surface area contributed by atoms with E-state index in [1.165, 1.54) is 0 Å². The van der Waals surface area contributed by atoms with Crippen LogP contribution >= 0.6 is 0 Å². The number of nitrogens with two attached hydrogens (primary N) is 3. The Balaban J connectivity index is 3.38. The first-order valence-electron chi connectivity index (χ1n) is 21.2. The highest BCUT2D eigenvalue weighted by molar-refractivity contribution is 5.98. The van der Waals surface area contributed by atoms with Gasteiger partial charge in [-0.25, -0.2) is 4.79 Å². The van der Waals surface area contributed by atoms with Crippen LogP contribution in [0, 0.1) is 17.8 Å². The van der Waals surface area contributed by atoms with Gasteiger partial charge in [0.15, 0.2) is 0 Å². The van der Waals surface area contributed by atoms with E-state index in [1.807, 2.05) is 6.92 Å². The van der Waals surface area contributed by atoms with Crippen LogP contribution in [-0.2, 0) is 49.6 Å². The Kier molecular flexibility index (Phi) is 24.6. The van der Waals surface area contributed by atoms with Crippen molar-refractivity contribution in [1.29, 1.82) is 0 Å². The minimum absolute atomic E-state index is 0.0167. The fourth-order valence-electron chi connectivity index (χ4n) is 6.27. The van der Waals surface area contributed by atoms with Crippen molar-refractivity contribution < 1.29 is 53.4 Å². The molecule has 0 saturated carbocycles. The molecule has 0 radical (unpaired) electrons. The van der Waals surface area contributed by atoms with E-state index in [0.29, 0.717) is 31.2 Å². The van der Waals surface area contributed by atoms with Crippen LogP contribution < -0.4 is 49.1 Å². The Morgan fingerprint density at radius 1 is 0.613 bits per heavy atom. The van der Waals surface area contributed by atoms with Crippen molar-refractivity contribution in [3.63, 3.8) is 0 Å². The Labute approximate surface area is 363 Å². The Bertz CT molecular complexity index is 1660. The first kappa shape index (κ1) is 54.4. The molecule has 0 bridgehead atoms. The highest BCUT2D eigenvalue weighted by Crippen LogP contribution is 2.14. The maximum absolute atomic E-state index is 13.9. The summed E-state index contributed by atoms with van der Waals surface area (Å²) in [4.78, 5) is 117. The van der Waals surface area contributed by atoms with Gasteiger partial charge in [0, 0.05) is 12.8 Å². The number of hydrogen-bond donors (Lipinski definition) is 11. The van der Waals surface area contributed by atoms with Gasteiger partial charge in [-0.3, -0.25) is 38.4 Å². The van der Waals surface area contributed by atoms with Gasteiger partial charge >= 0.3 is 11.9 Å². The van der Waals surface area contributed by atoms with Crippen LogP contribution in [0.5, 0.6) is 0 Å². The van der Waals surface area contributed by atoms with Crippen molar-refractivity contribution in [2.24, 2.45) is 35.0 Å². The van der Waals surface area contributed by atoms with Crippen LogP contribution in [0.25, 0.3) is 0 Å². The summed E-state index contributed by atoms with van der Waals surface area (Å²) in [5.41, 5.74) is 17.7. The monoisotopic (exact) mass is 876 g/mol. The van der Waals surface area contributed by atoms with E-state index in [4.69, 9.17) is 17.2 Å². The lowest BCUT2D eigenvalue weighted by atomic mass is 9.96. The molecule has 62 heavy (non-hydrogen) atoms. The Hall–Kier alpha value is -5.63. The zero-order valence-electron chi connectivity index (χ0n) is 36.7. The number of aliphatic carboxylic acids is 2. The predicted molar refractivity (Wildman–Crippen MR) is 229 cm³/mol. The predicted octanol–water partition coefficient (Wildman–Crippen LogP) is -0.443. The van der Waals surface area contributed by atoms with Gasteiger partial charge in [0.05, 0.1) is 12.5 Å². The molecule has 0 fully saturated rings. The zero-order chi connectivity index (χ0) is 47.1. The van der Waals surface area contributed by atoms with Crippen LogP contribution in [0.4, 0.5) is 0 Å². The van der Waals surface area contributed by atoms with E-state index in [9.17, 15) is 53.4 Å². The molecule has 20 heteroatoms. The lowest BCUT2D eigenvalue weighted by Crippen LogP contribution is -2.61. The number of carboxylic acids is 2. The second-order valence-electron chi connectivity index (χ2n) is 16.1. The van der Waals surface area contributed by atoms with Gasteiger partial charge in [-0.05, 0) is 62.0 Å². The van der Waals surface area contributed by atoms with Crippen LogP contribution in [0.3, 0.4) is 0 Å². The number of amides is 7. The molecule has 0 aliphatic carbocycles. The molecule has 9 atom stereocenters. The summed E-state index contributed by atoms with van der Waals surface area (Å²) in [7, 11) is 0. The van der Waals surface area contributed by atoms with Crippen molar-refractivity contribution in [2.75, 3.05) is 6.54 Å². The third kappa shape index (κ3) is 19.8. The highest BCUT2D eigenvalue weighted by Gasteiger charge is 2.36. The van der Waals surface area contributed by atoms with E-state index in [2.05, 4.69) is 31.9 Å². The number of carbonyl (C=O) groups excluding carboxylic acids is 7. The smallest absolute Gasteiger partial charge is 0.326 e. The number of carbonyl (C=O) groups is 9.